The van der Waals surface area contributed by atoms with Crippen molar-refractivity contribution in [1.29, 1.82) is 0 Å². The Labute approximate surface area is 116 Å². The van der Waals surface area contributed by atoms with Crippen molar-refractivity contribution in [3.8, 4) is 5.75 Å². The lowest BCUT2D eigenvalue weighted by Crippen LogP contribution is -2.18. The molecule has 0 saturated carbocycles. The molecule has 106 valence electrons. The zero-order valence-electron chi connectivity index (χ0n) is 9.51. The monoisotopic (exact) mass is 356 g/mol. The van der Waals surface area contributed by atoms with Crippen molar-refractivity contribution >= 4 is 31.6 Å². The van der Waals surface area contributed by atoms with Crippen LogP contribution in [0.1, 0.15) is 6.42 Å². The Bertz CT molecular complexity index is 593. The van der Waals surface area contributed by atoms with Gasteiger partial charge < -0.3 is 4.74 Å². The summed E-state index contributed by atoms with van der Waals surface area (Å²) in [6, 6.07) is 1.84. The van der Waals surface area contributed by atoms with E-state index in [2.05, 4.69) is 15.9 Å². The minimum atomic E-state index is -3.62. The number of rotatable bonds is 6. The molecular formula is C9H10BrFN2O5S. The van der Waals surface area contributed by atoms with Crippen LogP contribution in [0, 0.1) is 15.9 Å². The zero-order chi connectivity index (χ0) is 14.6. The van der Waals surface area contributed by atoms with Gasteiger partial charge in [-0.3, -0.25) is 10.1 Å². The van der Waals surface area contributed by atoms with Crippen LogP contribution in [0.5, 0.6) is 5.75 Å². The molecular weight excluding hydrogens is 347 g/mol. The highest BCUT2D eigenvalue weighted by atomic mass is 79.9. The maximum atomic E-state index is 13.3. The Hall–Kier alpha value is -1.26. The highest BCUT2D eigenvalue weighted by molar-refractivity contribution is 9.10. The van der Waals surface area contributed by atoms with Crippen LogP contribution >= 0.6 is 15.9 Å². The Morgan fingerprint density at radius 3 is 2.63 bits per heavy atom. The van der Waals surface area contributed by atoms with Crippen LogP contribution in [0.2, 0.25) is 0 Å². The molecule has 0 aromatic heterocycles. The number of nitro benzene ring substituents is 1. The number of ether oxygens (including phenoxy) is 1. The SMILES string of the molecule is NS(=O)(=O)CCCOc1cc(F)c(Br)cc1[N+](=O)[O-]. The number of nitrogens with zero attached hydrogens (tertiary/aromatic N) is 1. The summed E-state index contributed by atoms with van der Waals surface area (Å²) in [5.41, 5.74) is -0.413. The van der Waals surface area contributed by atoms with Crippen LogP contribution in [0.25, 0.3) is 0 Å². The van der Waals surface area contributed by atoms with Gasteiger partial charge in [-0.25, -0.2) is 17.9 Å². The van der Waals surface area contributed by atoms with Gasteiger partial charge in [0.2, 0.25) is 10.0 Å². The molecule has 7 nitrogen and oxygen atoms in total. The summed E-state index contributed by atoms with van der Waals surface area (Å²) >= 11 is 2.83. The number of hydrogen-bond acceptors (Lipinski definition) is 5. The number of sulfonamides is 1. The second-order valence-electron chi connectivity index (χ2n) is 3.56. The standard InChI is InChI=1S/C9H10BrFN2O5S/c10-6-4-8(13(14)15)9(5-7(6)11)18-2-1-3-19(12,16)17/h4-5H,1-3H2,(H2,12,16,17). The summed E-state index contributed by atoms with van der Waals surface area (Å²) in [7, 11) is -3.62. The summed E-state index contributed by atoms with van der Waals surface area (Å²) in [5, 5.41) is 15.5. The molecule has 0 radical (unpaired) electrons. The Morgan fingerprint density at radius 1 is 1.47 bits per heavy atom. The lowest BCUT2D eigenvalue weighted by atomic mass is 10.3. The van der Waals surface area contributed by atoms with E-state index in [1.54, 1.807) is 0 Å². The predicted octanol–water partition coefficient (Wildman–Crippen LogP) is 1.55. The Balaban J connectivity index is 2.77. The smallest absolute Gasteiger partial charge is 0.312 e. The van der Waals surface area contributed by atoms with E-state index < -0.39 is 26.5 Å². The van der Waals surface area contributed by atoms with E-state index in [9.17, 15) is 22.9 Å². The summed E-state index contributed by atoms with van der Waals surface area (Å²) in [5.74, 6) is -1.30. The molecule has 0 aliphatic rings. The van der Waals surface area contributed by atoms with Gasteiger partial charge in [0.15, 0.2) is 5.75 Å². The van der Waals surface area contributed by atoms with Crippen molar-refractivity contribution in [2.45, 2.75) is 6.42 Å². The second kappa shape index (κ2) is 6.26. The fourth-order valence-electron chi connectivity index (χ4n) is 1.22. The Kier molecular flexibility index (Phi) is 5.20. The van der Waals surface area contributed by atoms with E-state index in [0.717, 1.165) is 12.1 Å². The molecule has 0 amide bonds. The Morgan fingerprint density at radius 2 is 2.11 bits per heavy atom. The lowest BCUT2D eigenvalue weighted by molar-refractivity contribution is -0.386. The van der Waals surface area contributed by atoms with Gasteiger partial charge in [0.05, 0.1) is 21.8 Å². The first kappa shape index (κ1) is 15.8. The van der Waals surface area contributed by atoms with E-state index in [-0.39, 0.29) is 29.0 Å². The summed E-state index contributed by atoms with van der Waals surface area (Å²) in [6.07, 6.45) is 0.0493. The zero-order valence-corrected chi connectivity index (χ0v) is 11.9. The van der Waals surface area contributed by atoms with Crippen LogP contribution in [-0.4, -0.2) is 25.7 Å². The molecule has 2 N–H and O–H groups in total. The first-order chi connectivity index (χ1) is 8.70. The van der Waals surface area contributed by atoms with Crippen LogP contribution in [0.3, 0.4) is 0 Å². The maximum Gasteiger partial charge on any atom is 0.312 e. The molecule has 0 aliphatic carbocycles. The van der Waals surface area contributed by atoms with E-state index in [1.807, 2.05) is 0 Å². The maximum absolute atomic E-state index is 13.3. The molecule has 10 heteroatoms. The molecule has 1 aromatic rings. The molecule has 1 aromatic carbocycles. The third-order valence-corrected chi connectivity index (χ3v) is 3.49. The molecule has 0 bridgehead atoms. The molecule has 0 unspecified atom stereocenters. The number of halogens is 2. The highest BCUT2D eigenvalue weighted by Gasteiger charge is 2.19. The van der Waals surface area contributed by atoms with E-state index in [1.165, 1.54) is 0 Å². The number of benzene rings is 1. The topological polar surface area (TPSA) is 113 Å². The molecule has 1 rings (SSSR count). The van der Waals surface area contributed by atoms with Crippen molar-refractivity contribution in [2.24, 2.45) is 5.14 Å². The van der Waals surface area contributed by atoms with E-state index in [0.29, 0.717) is 0 Å². The third-order valence-electron chi connectivity index (χ3n) is 2.03. The molecule has 0 fully saturated rings. The van der Waals surface area contributed by atoms with E-state index >= 15 is 0 Å². The van der Waals surface area contributed by atoms with Gasteiger partial charge in [0.1, 0.15) is 5.82 Å². The summed E-state index contributed by atoms with van der Waals surface area (Å²) in [4.78, 5) is 10.0. The molecule has 0 saturated heterocycles. The van der Waals surface area contributed by atoms with Crippen LogP contribution < -0.4 is 9.88 Å². The van der Waals surface area contributed by atoms with Gasteiger partial charge in [0, 0.05) is 12.1 Å². The van der Waals surface area contributed by atoms with Crippen molar-refractivity contribution in [3.63, 3.8) is 0 Å². The quantitative estimate of drug-likeness (QED) is 0.472. The highest BCUT2D eigenvalue weighted by Crippen LogP contribution is 2.32. The van der Waals surface area contributed by atoms with Crippen molar-refractivity contribution < 1.29 is 22.5 Å². The summed E-state index contributed by atoms with van der Waals surface area (Å²) in [6.45, 7) is -0.127. The van der Waals surface area contributed by atoms with Crippen LogP contribution in [-0.2, 0) is 10.0 Å². The average Bonchev–Trinajstić information content (AvgIpc) is 2.27. The van der Waals surface area contributed by atoms with Gasteiger partial charge in [-0.15, -0.1) is 0 Å². The summed E-state index contributed by atoms with van der Waals surface area (Å²) < 4.78 is 39.5. The van der Waals surface area contributed by atoms with Gasteiger partial charge >= 0.3 is 5.69 Å². The first-order valence-electron chi connectivity index (χ1n) is 4.97. The van der Waals surface area contributed by atoms with Gasteiger partial charge in [-0.1, -0.05) is 0 Å². The number of nitro groups is 1. The van der Waals surface area contributed by atoms with E-state index in [4.69, 9.17) is 9.88 Å². The van der Waals surface area contributed by atoms with Gasteiger partial charge in [-0.2, -0.15) is 0 Å². The minimum absolute atomic E-state index is 0.0493. The molecule has 0 aliphatic heterocycles. The fraction of sp³-hybridized carbons (Fsp3) is 0.333. The number of nitrogens with two attached hydrogens (primary N) is 1. The molecule has 0 heterocycles. The van der Waals surface area contributed by atoms with Crippen LogP contribution in [0.15, 0.2) is 16.6 Å². The molecule has 19 heavy (non-hydrogen) atoms. The predicted molar refractivity (Wildman–Crippen MR) is 68.8 cm³/mol. The number of hydrogen-bond donors (Lipinski definition) is 1. The third kappa shape index (κ3) is 5.09. The number of primary sulfonamides is 1. The van der Waals surface area contributed by atoms with Crippen LogP contribution in [0.4, 0.5) is 10.1 Å². The van der Waals surface area contributed by atoms with Crippen molar-refractivity contribution in [2.75, 3.05) is 12.4 Å². The largest absolute Gasteiger partial charge is 0.487 e. The normalized spacial score (nSPS) is 11.3. The lowest BCUT2D eigenvalue weighted by Gasteiger charge is -2.07. The second-order valence-corrected chi connectivity index (χ2v) is 6.15. The molecule has 0 atom stereocenters. The fourth-order valence-corrected chi connectivity index (χ4v) is 2.07. The minimum Gasteiger partial charge on any atom is -0.487 e. The molecule has 0 spiro atoms. The van der Waals surface area contributed by atoms with Crippen molar-refractivity contribution in [1.82, 2.24) is 0 Å². The first-order valence-corrected chi connectivity index (χ1v) is 7.48. The van der Waals surface area contributed by atoms with Gasteiger partial charge in [-0.05, 0) is 22.4 Å². The van der Waals surface area contributed by atoms with Crippen molar-refractivity contribution in [3.05, 3.63) is 32.5 Å². The average molecular weight is 357 g/mol. The van der Waals surface area contributed by atoms with Gasteiger partial charge in [0.25, 0.3) is 0 Å².